The molecule has 2 heterocycles. The third-order valence-electron chi connectivity index (χ3n) is 3.93. The summed E-state index contributed by atoms with van der Waals surface area (Å²) in [5.74, 6) is 2.22. The second-order valence-electron chi connectivity index (χ2n) is 6.22. The van der Waals surface area contributed by atoms with E-state index in [1.54, 1.807) is 35.4 Å². The van der Waals surface area contributed by atoms with Gasteiger partial charge in [0.25, 0.3) is 0 Å². The monoisotopic (exact) mass is 382 g/mol. The van der Waals surface area contributed by atoms with E-state index >= 15 is 0 Å². The average Bonchev–Trinajstić information content (AvgIpc) is 3.26. The largest absolute Gasteiger partial charge is 0.487 e. The number of benzene rings is 1. The number of hydrogen-bond acceptors (Lipinski definition) is 5. The molecule has 0 bridgehead atoms. The molecule has 140 valence electrons. The fourth-order valence-corrected chi connectivity index (χ4v) is 3.14. The SMILES string of the molecule is Cc1ccc(CN(C)C(=O)/C=C/c2ccccc2OCc2csc(C)n2)o1. The summed E-state index contributed by atoms with van der Waals surface area (Å²) in [6, 6.07) is 11.4. The highest BCUT2D eigenvalue weighted by molar-refractivity contribution is 7.09. The van der Waals surface area contributed by atoms with Crippen LogP contribution in [0.1, 0.15) is 27.8 Å². The molecule has 0 saturated heterocycles. The minimum Gasteiger partial charge on any atom is -0.487 e. The molecule has 3 aromatic rings. The van der Waals surface area contributed by atoms with Crippen LogP contribution in [0.4, 0.5) is 0 Å². The number of nitrogens with zero attached hydrogens (tertiary/aromatic N) is 2. The minimum absolute atomic E-state index is 0.103. The van der Waals surface area contributed by atoms with E-state index in [2.05, 4.69) is 4.98 Å². The predicted molar refractivity (Wildman–Crippen MR) is 107 cm³/mol. The van der Waals surface area contributed by atoms with Gasteiger partial charge in [-0.25, -0.2) is 4.98 Å². The summed E-state index contributed by atoms with van der Waals surface area (Å²) in [6.07, 6.45) is 3.32. The molecule has 1 aromatic carbocycles. The number of carbonyl (C=O) groups excluding carboxylic acids is 1. The summed E-state index contributed by atoms with van der Waals surface area (Å²) in [6.45, 7) is 4.69. The number of likely N-dealkylation sites (N-methyl/N-ethyl adjacent to an activating group) is 1. The molecule has 6 heteroatoms. The number of aryl methyl sites for hydroxylation is 2. The first-order chi connectivity index (χ1) is 13.0. The number of aromatic nitrogens is 1. The van der Waals surface area contributed by atoms with Crippen LogP contribution in [0.15, 0.2) is 52.3 Å². The molecule has 3 rings (SSSR count). The van der Waals surface area contributed by atoms with Gasteiger partial charge in [0.1, 0.15) is 23.9 Å². The van der Waals surface area contributed by atoms with Gasteiger partial charge in [-0.05, 0) is 38.1 Å². The summed E-state index contributed by atoms with van der Waals surface area (Å²) >= 11 is 1.60. The highest BCUT2D eigenvalue weighted by atomic mass is 32.1. The molecular formula is C21H22N2O3S. The highest BCUT2D eigenvalue weighted by Gasteiger charge is 2.09. The zero-order valence-electron chi connectivity index (χ0n) is 15.6. The van der Waals surface area contributed by atoms with Crippen LogP contribution in [0.3, 0.4) is 0 Å². The van der Waals surface area contributed by atoms with Crippen LogP contribution in [0.25, 0.3) is 6.08 Å². The lowest BCUT2D eigenvalue weighted by Crippen LogP contribution is -2.23. The van der Waals surface area contributed by atoms with Crippen LogP contribution in [0.2, 0.25) is 0 Å². The van der Waals surface area contributed by atoms with E-state index in [0.717, 1.165) is 33.5 Å². The molecule has 0 spiro atoms. The van der Waals surface area contributed by atoms with Crippen LogP contribution < -0.4 is 4.74 Å². The number of para-hydroxylation sites is 1. The van der Waals surface area contributed by atoms with E-state index in [1.807, 2.05) is 55.6 Å². The lowest BCUT2D eigenvalue weighted by molar-refractivity contribution is -0.125. The quantitative estimate of drug-likeness (QED) is 0.560. The van der Waals surface area contributed by atoms with E-state index in [9.17, 15) is 4.79 Å². The van der Waals surface area contributed by atoms with Crippen molar-refractivity contribution in [3.05, 3.63) is 75.6 Å². The van der Waals surface area contributed by atoms with E-state index in [4.69, 9.17) is 9.15 Å². The van der Waals surface area contributed by atoms with E-state index in [1.165, 1.54) is 0 Å². The fraction of sp³-hybridized carbons (Fsp3) is 0.238. The lowest BCUT2D eigenvalue weighted by Gasteiger charge is -2.13. The summed E-state index contributed by atoms with van der Waals surface area (Å²) in [5, 5.41) is 3.00. The zero-order chi connectivity index (χ0) is 19.2. The first-order valence-corrected chi connectivity index (χ1v) is 9.50. The normalized spacial score (nSPS) is 11.1. The van der Waals surface area contributed by atoms with E-state index in [0.29, 0.717) is 13.2 Å². The fourth-order valence-electron chi connectivity index (χ4n) is 2.55. The number of rotatable bonds is 7. The maximum Gasteiger partial charge on any atom is 0.246 e. The molecule has 2 aromatic heterocycles. The number of hydrogen-bond donors (Lipinski definition) is 0. The van der Waals surface area contributed by atoms with E-state index in [-0.39, 0.29) is 5.91 Å². The number of carbonyl (C=O) groups is 1. The van der Waals surface area contributed by atoms with Crippen molar-refractivity contribution >= 4 is 23.3 Å². The molecule has 0 aliphatic rings. The Balaban J connectivity index is 1.62. The average molecular weight is 382 g/mol. The first-order valence-electron chi connectivity index (χ1n) is 8.62. The van der Waals surface area contributed by atoms with Crippen LogP contribution in [0.5, 0.6) is 5.75 Å². The third-order valence-corrected chi connectivity index (χ3v) is 4.75. The van der Waals surface area contributed by atoms with Gasteiger partial charge in [0.05, 0.1) is 17.2 Å². The Morgan fingerprint density at radius 2 is 2.07 bits per heavy atom. The van der Waals surface area contributed by atoms with Crippen molar-refractivity contribution in [2.75, 3.05) is 7.05 Å². The van der Waals surface area contributed by atoms with Crippen LogP contribution in [-0.4, -0.2) is 22.8 Å². The van der Waals surface area contributed by atoms with Crippen molar-refractivity contribution in [1.82, 2.24) is 9.88 Å². The van der Waals surface area contributed by atoms with Crippen molar-refractivity contribution in [2.24, 2.45) is 0 Å². The topological polar surface area (TPSA) is 55.6 Å². The standard InChI is InChI=1S/C21H22N2O3S/c1-15-8-10-19(26-15)12-23(3)21(24)11-9-17-6-4-5-7-20(17)25-13-18-14-27-16(2)22-18/h4-11,14H,12-13H2,1-3H3/b11-9+. The zero-order valence-corrected chi connectivity index (χ0v) is 16.5. The van der Waals surface area contributed by atoms with Crippen LogP contribution in [-0.2, 0) is 17.9 Å². The van der Waals surface area contributed by atoms with Gasteiger partial charge < -0.3 is 14.1 Å². The van der Waals surface area contributed by atoms with Gasteiger partial charge in [0.2, 0.25) is 5.91 Å². The Labute approximate surface area is 162 Å². The van der Waals surface area contributed by atoms with Crippen molar-refractivity contribution in [2.45, 2.75) is 27.0 Å². The molecule has 0 atom stereocenters. The Kier molecular flexibility index (Phi) is 6.08. The summed E-state index contributed by atoms with van der Waals surface area (Å²) in [4.78, 5) is 18.4. The second kappa shape index (κ2) is 8.68. The maximum absolute atomic E-state index is 12.4. The van der Waals surface area contributed by atoms with Gasteiger partial charge in [0.15, 0.2) is 0 Å². The van der Waals surface area contributed by atoms with Crippen LogP contribution in [0, 0.1) is 13.8 Å². The summed E-state index contributed by atoms with van der Waals surface area (Å²) < 4.78 is 11.4. The van der Waals surface area contributed by atoms with Gasteiger partial charge in [0, 0.05) is 24.1 Å². The van der Waals surface area contributed by atoms with Gasteiger partial charge in [-0.15, -0.1) is 11.3 Å². The predicted octanol–water partition coefficient (Wildman–Crippen LogP) is 4.60. The molecule has 27 heavy (non-hydrogen) atoms. The van der Waals surface area contributed by atoms with Crippen molar-refractivity contribution in [3.8, 4) is 5.75 Å². The molecule has 0 aliphatic heterocycles. The van der Waals surface area contributed by atoms with Gasteiger partial charge in [-0.3, -0.25) is 4.79 Å². The molecule has 5 nitrogen and oxygen atoms in total. The van der Waals surface area contributed by atoms with Crippen molar-refractivity contribution in [3.63, 3.8) is 0 Å². The first kappa shape index (κ1) is 18.9. The Morgan fingerprint density at radius 1 is 1.26 bits per heavy atom. The highest BCUT2D eigenvalue weighted by Crippen LogP contribution is 2.21. The number of furan rings is 1. The van der Waals surface area contributed by atoms with Crippen molar-refractivity contribution < 1.29 is 13.9 Å². The molecule has 0 unspecified atom stereocenters. The number of thiazole rings is 1. The van der Waals surface area contributed by atoms with Gasteiger partial charge in [-0.2, -0.15) is 0 Å². The van der Waals surface area contributed by atoms with Gasteiger partial charge >= 0.3 is 0 Å². The van der Waals surface area contributed by atoms with Crippen LogP contribution >= 0.6 is 11.3 Å². The molecule has 0 fully saturated rings. The molecule has 0 N–H and O–H groups in total. The minimum atomic E-state index is -0.103. The van der Waals surface area contributed by atoms with E-state index < -0.39 is 0 Å². The summed E-state index contributed by atoms with van der Waals surface area (Å²) in [5.41, 5.74) is 1.75. The van der Waals surface area contributed by atoms with Gasteiger partial charge in [-0.1, -0.05) is 18.2 Å². The Hall–Kier alpha value is -2.86. The van der Waals surface area contributed by atoms with Crippen molar-refractivity contribution in [1.29, 1.82) is 0 Å². The second-order valence-corrected chi connectivity index (χ2v) is 7.29. The summed E-state index contributed by atoms with van der Waals surface area (Å²) in [7, 11) is 1.75. The smallest absolute Gasteiger partial charge is 0.246 e. The molecule has 1 amide bonds. The third kappa shape index (κ3) is 5.31. The number of amides is 1. The molecule has 0 radical (unpaired) electrons. The maximum atomic E-state index is 12.4. The number of ether oxygens (including phenoxy) is 1. The molecule has 0 aliphatic carbocycles. The lowest BCUT2D eigenvalue weighted by atomic mass is 10.2. The Morgan fingerprint density at radius 3 is 2.78 bits per heavy atom. The molecular weight excluding hydrogens is 360 g/mol. The Bertz CT molecular complexity index is 942. The molecule has 0 saturated carbocycles.